The fraction of sp³-hybridized carbons (Fsp3) is 0.600. The summed E-state index contributed by atoms with van der Waals surface area (Å²) in [5.41, 5.74) is 1.97. The summed E-state index contributed by atoms with van der Waals surface area (Å²) in [5, 5.41) is 3.25. The minimum atomic E-state index is -3.24. The molecule has 1 N–H and O–H groups in total. The molecule has 0 bridgehead atoms. The molecule has 0 radical (unpaired) electrons. The van der Waals surface area contributed by atoms with Crippen LogP contribution >= 0.6 is 0 Å². The highest BCUT2D eigenvalue weighted by atomic mass is 32.2. The number of benzene rings is 1. The van der Waals surface area contributed by atoms with Crippen LogP contribution in [0, 0.1) is 6.92 Å². The molecule has 0 spiro atoms. The zero-order valence-corrected chi connectivity index (χ0v) is 13.1. The molecule has 1 unspecified atom stereocenters. The Morgan fingerprint density at radius 3 is 2.80 bits per heavy atom. The Morgan fingerprint density at radius 2 is 2.20 bits per heavy atom. The van der Waals surface area contributed by atoms with Gasteiger partial charge in [-0.3, -0.25) is 0 Å². The van der Waals surface area contributed by atoms with Crippen LogP contribution < -0.4 is 5.32 Å². The third-order valence-corrected chi connectivity index (χ3v) is 5.57. The molecule has 1 heterocycles. The van der Waals surface area contributed by atoms with Gasteiger partial charge in [-0.25, -0.2) is 8.42 Å². The molecule has 1 aromatic rings. The van der Waals surface area contributed by atoms with E-state index in [2.05, 4.69) is 5.32 Å². The summed E-state index contributed by atoms with van der Waals surface area (Å²) in [4.78, 5) is 0. The first-order valence-electron chi connectivity index (χ1n) is 7.28. The monoisotopic (exact) mass is 296 g/mol. The van der Waals surface area contributed by atoms with Crippen LogP contribution in [0.5, 0.6) is 0 Å². The molecular weight excluding hydrogens is 272 g/mol. The Labute approximate surface area is 122 Å². The summed E-state index contributed by atoms with van der Waals surface area (Å²) in [6.07, 6.45) is 1.76. The molecule has 5 heteroatoms. The highest BCUT2D eigenvalue weighted by Crippen LogP contribution is 2.18. The average molecular weight is 296 g/mol. The van der Waals surface area contributed by atoms with Crippen molar-refractivity contribution in [1.29, 1.82) is 0 Å². The number of sulfonamides is 1. The molecular formula is C15H24N2O2S. The van der Waals surface area contributed by atoms with Crippen molar-refractivity contribution in [3.63, 3.8) is 0 Å². The number of nitrogens with zero attached hydrogens (tertiary/aromatic N) is 1. The maximum Gasteiger partial charge on any atom is 0.218 e. The van der Waals surface area contributed by atoms with Gasteiger partial charge in [-0.2, -0.15) is 4.31 Å². The number of hydrogen-bond acceptors (Lipinski definition) is 3. The van der Waals surface area contributed by atoms with E-state index in [1.54, 1.807) is 4.31 Å². The quantitative estimate of drug-likeness (QED) is 0.872. The summed E-state index contributed by atoms with van der Waals surface area (Å²) in [5.74, 6) is 0.102. The maximum atomic E-state index is 12.7. The second-order valence-electron chi connectivity index (χ2n) is 5.50. The van der Waals surface area contributed by atoms with E-state index in [1.807, 2.05) is 38.1 Å². The van der Waals surface area contributed by atoms with E-state index < -0.39 is 10.0 Å². The lowest BCUT2D eigenvalue weighted by molar-refractivity contribution is 0.334. The van der Waals surface area contributed by atoms with Gasteiger partial charge in [-0.1, -0.05) is 36.8 Å². The molecule has 0 amide bonds. The Kier molecular flexibility index (Phi) is 5.18. The largest absolute Gasteiger partial charge is 0.315 e. The Bertz CT molecular complexity index is 537. The van der Waals surface area contributed by atoms with Crippen molar-refractivity contribution in [3.8, 4) is 0 Å². The molecule has 1 saturated heterocycles. The van der Waals surface area contributed by atoms with Crippen LogP contribution in [0.3, 0.4) is 0 Å². The molecule has 0 saturated carbocycles. The fourth-order valence-electron chi connectivity index (χ4n) is 2.75. The van der Waals surface area contributed by atoms with Crippen molar-refractivity contribution in [2.24, 2.45) is 0 Å². The van der Waals surface area contributed by atoms with Crippen LogP contribution in [0.15, 0.2) is 24.3 Å². The molecule has 112 valence electrons. The van der Waals surface area contributed by atoms with Crippen molar-refractivity contribution in [2.45, 2.75) is 38.5 Å². The van der Waals surface area contributed by atoms with Gasteiger partial charge in [-0.15, -0.1) is 0 Å². The van der Waals surface area contributed by atoms with E-state index >= 15 is 0 Å². The SMILES string of the molecule is CCCN(C1CCNC1)S(=O)(=O)Cc1cccc(C)c1. The molecule has 1 aliphatic heterocycles. The second-order valence-corrected chi connectivity index (χ2v) is 7.42. The zero-order chi connectivity index (χ0) is 14.6. The second kappa shape index (κ2) is 6.70. The lowest BCUT2D eigenvalue weighted by atomic mass is 10.2. The molecule has 20 heavy (non-hydrogen) atoms. The highest BCUT2D eigenvalue weighted by molar-refractivity contribution is 7.88. The number of hydrogen-bond donors (Lipinski definition) is 1. The van der Waals surface area contributed by atoms with Gasteiger partial charge in [0.05, 0.1) is 5.75 Å². The molecule has 4 nitrogen and oxygen atoms in total. The molecule has 1 aliphatic rings. The van der Waals surface area contributed by atoms with E-state index in [9.17, 15) is 8.42 Å². The summed E-state index contributed by atoms with van der Waals surface area (Å²) in [7, 11) is -3.24. The fourth-order valence-corrected chi connectivity index (χ4v) is 4.61. The number of nitrogens with one attached hydrogen (secondary N) is 1. The van der Waals surface area contributed by atoms with Crippen LogP contribution in [0.1, 0.15) is 30.9 Å². The average Bonchev–Trinajstić information content (AvgIpc) is 2.88. The van der Waals surface area contributed by atoms with E-state index in [1.165, 1.54) is 0 Å². The number of aryl methyl sites for hydroxylation is 1. The first-order chi connectivity index (χ1) is 9.53. The van der Waals surface area contributed by atoms with Gasteiger partial charge >= 0.3 is 0 Å². The minimum Gasteiger partial charge on any atom is -0.315 e. The summed E-state index contributed by atoms with van der Waals surface area (Å²) >= 11 is 0. The van der Waals surface area contributed by atoms with Crippen molar-refractivity contribution in [1.82, 2.24) is 9.62 Å². The van der Waals surface area contributed by atoms with Crippen LogP contribution in [-0.2, 0) is 15.8 Å². The van der Waals surface area contributed by atoms with E-state index in [0.29, 0.717) is 6.54 Å². The van der Waals surface area contributed by atoms with Crippen LogP contribution in [0.4, 0.5) is 0 Å². The lowest BCUT2D eigenvalue weighted by Gasteiger charge is -2.27. The van der Waals surface area contributed by atoms with Crippen molar-refractivity contribution >= 4 is 10.0 Å². The van der Waals surface area contributed by atoms with Gasteiger partial charge < -0.3 is 5.32 Å². The van der Waals surface area contributed by atoms with Crippen molar-refractivity contribution in [2.75, 3.05) is 19.6 Å². The van der Waals surface area contributed by atoms with E-state index in [-0.39, 0.29) is 11.8 Å². The molecule has 1 fully saturated rings. The minimum absolute atomic E-state index is 0.102. The van der Waals surface area contributed by atoms with Gasteiger partial charge in [0.15, 0.2) is 0 Å². The van der Waals surface area contributed by atoms with Crippen LogP contribution in [0.25, 0.3) is 0 Å². The molecule has 0 aliphatic carbocycles. The first kappa shape index (κ1) is 15.5. The molecule has 1 atom stereocenters. The predicted molar refractivity (Wildman–Crippen MR) is 82.1 cm³/mol. The smallest absolute Gasteiger partial charge is 0.218 e. The summed E-state index contributed by atoms with van der Waals surface area (Å²) in [6.45, 7) is 6.30. The van der Waals surface area contributed by atoms with Crippen molar-refractivity contribution in [3.05, 3.63) is 35.4 Å². The summed E-state index contributed by atoms with van der Waals surface area (Å²) in [6, 6.07) is 7.86. The van der Waals surface area contributed by atoms with Gasteiger partial charge in [-0.05, 0) is 31.9 Å². The Hall–Kier alpha value is -0.910. The van der Waals surface area contributed by atoms with Crippen LogP contribution in [-0.4, -0.2) is 38.4 Å². The lowest BCUT2D eigenvalue weighted by Crippen LogP contribution is -2.42. The first-order valence-corrected chi connectivity index (χ1v) is 8.89. The van der Waals surface area contributed by atoms with Gasteiger partial charge in [0.25, 0.3) is 0 Å². The molecule has 2 rings (SSSR count). The topological polar surface area (TPSA) is 49.4 Å². The van der Waals surface area contributed by atoms with Gasteiger partial charge in [0.1, 0.15) is 0 Å². The molecule has 1 aromatic carbocycles. The third-order valence-electron chi connectivity index (χ3n) is 3.67. The van der Waals surface area contributed by atoms with Gasteiger partial charge in [0, 0.05) is 19.1 Å². The third kappa shape index (κ3) is 3.81. The maximum absolute atomic E-state index is 12.7. The van der Waals surface area contributed by atoms with E-state index in [0.717, 1.165) is 37.1 Å². The van der Waals surface area contributed by atoms with Gasteiger partial charge in [0.2, 0.25) is 10.0 Å². The van der Waals surface area contributed by atoms with Crippen molar-refractivity contribution < 1.29 is 8.42 Å². The predicted octanol–water partition coefficient (Wildman–Crippen LogP) is 1.90. The zero-order valence-electron chi connectivity index (χ0n) is 12.3. The standard InChI is InChI=1S/C15H24N2O2S/c1-3-9-17(15-7-8-16-11-15)20(18,19)12-14-6-4-5-13(2)10-14/h4-6,10,15-16H,3,7-9,11-12H2,1-2H3. The Morgan fingerprint density at radius 1 is 1.40 bits per heavy atom. The molecule has 0 aromatic heterocycles. The normalized spacial score (nSPS) is 19.6. The number of rotatable bonds is 6. The Balaban J connectivity index is 2.17. The van der Waals surface area contributed by atoms with Crippen LogP contribution in [0.2, 0.25) is 0 Å². The highest BCUT2D eigenvalue weighted by Gasteiger charge is 2.31. The van der Waals surface area contributed by atoms with E-state index in [4.69, 9.17) is 0 Å². The summed E-state index contributed by atoms with van der Waals surface area (Å²) < 4.78 is 27.1.